The molecule has 2 aliphatic carbocycles. The van der Waals surface area contributed by atoms with Gasteiger partial charge in [0.25, 0.3) is 0 Å². The summed E-state index contributed by atoms with van der Waals surface area (Å²) in [5.74, 6) is 0.715. The second-order valence-electron chi connectivity index (χ2n) is 9.43. The third-order valence-corrected chi connectivity index (χ3v) is 7.78. The van der Waals surface area contributed by atoms with Crippen molar-refractivity contribution in [3.8, 4) is 5.75 Å². The first-order valence-electron chi connectivity index (χ1n) is 11.9. The monoisotopic (exact) mass is 406 g/mol. The zero-order valence-corrected chi connectivity index (χ0v) is 17.8. The lowest BCUT2D eigenvalue weighted by Crippen LogP contribution is -2.36. The van der Waals surface area contributed by atoms with Crippen molar-refractivity contribution in [2.24, 2.45) is 17.8 Å². The highest BCUT2D eigenvalue weighted by Crippen LogP contribution is 2.44. The van der Waals surface area contributed by atoms with E-state index in [9.17, 15) is 8.78 Å². The molecule has 3 aliphatic rings. The molecule has 0 aromatic heterocycles. The van der Waals surface area contributed by atoms with Gasteiger partial charge in [0.05, 0.1) is 19.3 Å². The number of benzene rings is 1. The molecule has 1 aromatic rings. The second kappa shape index (κ2) is 9.76. The van der Waals surface area contributed by atoms with Crippen LogP contribution in [0.4, 0.5) is 8.78 Å². The molecule has 162 valence electrons. The molecule has 0 radical (unpaired) electrons. The molecule has 0 bridgehead atoms. The zero-order chi connectivity index (χ0) is 20.2. The fourth-order valence-electron chi connectivity index (χ4n) is 6.07. The van der Waals surface area contributed by atoms with Gasteiger partial charge in [0, 0.05) is 0 Å². The molecule has 1 heterocycles. The van der Waals surface area contributed by atoms with Crippen molar-refractivity contribution in [2.75, 3.05) is 13.2 Å². The lowest BCUT2D eigenvalue weighted by Gasteiger charge is -2.40. The van der Waals surface area contributed by atoms with E-state index in [0.717, 1.165) is 38.2 Å². The van der Waals surface area contributed by atoms with Crippen LogP contribution in [0, 0.1) is 29.4 Å². The summed E-state index contributed by atoms with van der Waals surface area (Å²) in [7, 11) is 0. The van der Waals surface area contributed by atoms with E-state index >= 15 is 0 Å². The molecule has 4 heteroatoms. The van der Waals surface area contributed by atoms with Gasteiger partial charge >= 0.3 is 0 Å². The van der Waals surface area contributed by atoms with Crippen molar-refractivity contribution in [3.63, 3.8) is 0 Å². The van der Waals surface area contributed by atoms with Crippen molar-refractivity contribution >= 4 is 0 Å². The summed E-state index contributed by atoms with van der Waals surface area (Å²) < 4.78 is 40.3. The van der Waals surface area contributed by atoms with Gasteiger partial charge in [-0.05, 0) is 93.6 Å². The smallest absolute Gasteiger partial charge is 0.200 e. The average molecular weight is 407 g/mol. The second-order valence-corrected chi connectivity index (χ2v) is 9.43. The van der Waals surface area contributed by atoms with Crippen LogP contribution in [0.1, 0.15) is 89.0 Å². The Bertz CT molecular complexity index is 655. The van der Waals surface area contributed by atoms with E-state index in [1.807, 2.05) is 0 Å². The number of rotatable bonds is 5. The van der Waals surface area contributed by atoms with Gasteiger partial charge < -0.3 is 9.47 Å². The third kappa shape index (κ3) is 4.78. The molecule has 2 unspecified atom stereocenters. The van der Waals surface area contributed by atoms with Crippen molar-refractivity contribution in [3.05, 3.63) is 29.3 Å². The summed E-state index contributed by atoms with van der Waals surface area (Å²) in [6, 6.07) is 3.32. The van der Waals surface area contributed by atoms with Gasteiger partial charge in [0.1, 0.15) is 0 Å². The quantitative estimate of drug-likeness (QED) is 0.523. The fourth-order valence-corrected chi connectivity index (χ4v) is 6.07. The highest BCUT2D eigenvalue weighted by molar-refractivity contribution is 5.33. The highest BCUT2D eigenvalue weighted by Gasteiger charge is 2.35. The Kier molecular flexibility index (Phi) is 7.10. The van der Waals surface area contributed by atoms with Crippen molar-refractivity contribution in [2.45, 2.75) is 89.6 Å². The van der Waals surface area contributed by atoms with Crippen LogP contribution in [0.3, 0.4) is 0 Å². The molecule has 3 fully saturated rings. The fraction of sp³-hybridized carbons (Fsp3) is 0.760. The third-order valence-electron chi connectivity index (χ3n) is 7.78. The maximum atomic E-state index is 14.6. The van der Waals surface area contributed by atoms with Crippen molar-refractivity contribution in [1.82, 2.24) is 0 Å². The number of ether oxygens (including phenoxy) is 2. The SMILES string of the molecule is CCOc1ccc(C2CCC(C3CCC(C4CCCCC4)OC3)CC2)c(F)c1F. The van der Waals surface area contributed by atoms with E-state index < -0.39 is 11.6 Å². The van der Waals surface area contributed by atoms with Crippen LogP contribution in [-0.4, -0.2) is 19.3 Å². The molecular weight excluding hydrogens is 370 g/mol. The first kappa shape index (κ1) is 21.1. The molecule has 0 spiro atoms. The topological polar surface area (TPSA) is 18.5 Å². The van der Waals surface area contributed by atoms with Gasteiger partial charge in [-0.1, -0.05) is 25.3 Å². The molecule has 2 saturated carbocycles. The minimum absolute atomic E-state index is 0.0225. The van der Waals surface area contributed by atoms with Gasteiger partial charge in [0.2, 0.25) is 5.82 Å². The first-order chi connectivity index (χ1) is 14.2. The van der Waals surface area contributed by atoms with E-state index in [-0.39, 0.29) is 11.7 Å². The number of hydrogen-bond donors (Lipinski definition) is 0. The summed E-state index contributed by atoms with van der Waals surface area (Å²) in [6.07, 6.45) is 13.9. The van der Waals surface area contributed by atoms with Crippen LogP contribution in [0.25, 0.3) is 0 Å². The predicted octanol–water partition coefficient (Wildman–Crippen LogP) is 7.01. The molecule has 0 N–H and O–H groups in total. The van der Waals surface area contributed by atoms with E-state index in [1.54, 1.807) is 19.1 Å². The summed E-state index contributed by atoms with van der Waals surface area (Å²) >= 11 is 0. The van der Waals surface area contributed by atoms with Gasteiger partial charge in [-0.2, -0.15) is 4.39 Å². The summed E-state index contributed by atoms with van der Waals surface area (Å²) in [6.45, 7) is 3.02. The highest BCUT2D eigenvalue weighted by atomic mass is 19.2. The minimum atomic E-state index is -0.832. The van der Waals surface area contributed by atoms with Crippen LogP contribution < -0.4 is 4.74 Å². The van der Waals surface area contributed by atoms with Crippen LogP contribution in [-0.2, 0) is 4.74 Å². The van der Waals surface area contributed by atoms with Gasteiger partial charge in [-0.25, -0.2) is 4.39 Å². The average Bonchev–Trinajstić information content (AvgIpc) is 2.78. The van der Waals surface area contributed by atoms with Crippen LogP contribution in [0.2, 0.25) is 0 Å². The number of halogens is 2. The first-order valence-corrected chi connectivity index (χ1v) is 11.9. The van der Waals surface area contributed by atoms with Crippen molar-refractivity contribution < 1.29 is 18.3 Å². The lowest BCUT2D eigenvalue weighted by molar-refractivity contribution is -0.0707. The zero-order valence-electron chi connectivity index (χ0n) is 17.8. The Morgan fingerprint density at radius 2 is 1.55 bits per heavy atom. The molecule has 2 nitrogen and oxygen atoms in total. The van der Waals surface area contributed by atoms with E-state index in [2.05, 4.69) is 0 Å². The molecule has 29 heavy (non-hydrogen) atoms. The Morgan fingerprint density at radius 3 is 2.21 bits per heavy atom. The number of hydrogen-bond acceptors (Lipinski definition) is 2. The Hall–Kier alpha value is -1.16. The Balaban J connectivity index is 1.28. The summed E-state index contributed by atoms with van der Waals surface area (Å²) in [5.41, 5.74) is 0.529. The van der Waals surface area contributed by atoms with E-state index in [4.69, 9.17) is 9.47 Å². The van der Waals surface area contributed by atoms with E-state index in [0.29, 0.717) is 30.1 Å². The van der Waals surface area contributed by atoms with Gasteiger partial charge in [0.15, 0.2) is 11.6 Å². The maximum Gasteiger partial charge on any atom is 0.200 e. The maximum absolute atomic E-state index is 14.6. The van der Waals surface area contributed by atoms with Crippen LogP contribution in [0.5, 0.6) is 5.75 Å². The van der Waals surface area contributed by atoms with Crippen LogP contribution >= 0.6 is 0 Å². The molecule has 1 aromatic carbocycles. The van der Waals surface area contributed by atoms with E-state index in [1.165, 1.54) is 44.9 Å². The molecular formula is C25H36F2O2. The molecule has 4 rings (SSSR count). The van der Waals surface area contributed by atoms with Crippen molar-refractivity contribution in [1.29, 1.82) is 0 Å². The Labute approximate surface area is 174 Å². The summed E-state index contributed by atoms with van der Waals surface area (Å²) in [4.78, 5) is 0. The van der Waals surface area contributed by atoms with Gasteiger partial charge in [-0.15, -0.1) is 0 Å². The molecule has 1 saturated heterocycles. The Morgan fingerprint density at radius 1 is 0.828 bits per heavy atom. The molecule has 1 aliphatic heterocycles. The largest absolute Gasteiger partial charge is 0.491 e. The van der Waals surface area contributed by atoms with Gasteiger partial charge in [-0.3, -0.25) is 0 Å². The molecule has 2 atom stereocenters. The summed E-state index contributed by atoms with van der Waals surface area (Å²) in [5, 5.41) is 0. The standard InChI is InChI=1S/C25H36F2O2/c1-2-28-23-15-13-21(24(26)25(23)27)18-10-8-17(9-11-18)20-12-14-22(29-16-20)19-6-4-3-5-7-19/h13,15,17-20,22H,2-12,14,16H2,1H3. The van der Waals surface area contributed by atoms with Crippen LogP contribution in [0.15, 0.2) is 12.1 Å². The lowest BCUT2D eigenvalue weighted by atomic mass is 9.71. The minimum Gasteiger partial charge on any atom is -0.491 e. The molecule has 0 amide bonds. The predicted molar refractivity (Wildman–Crippen MR) is 111 cm³/mol. The normalized spacial score (nSPS) is 31.6.